The summed E-state index contributed by atoms with van der Waals surface area (Å²) in [5.41, 5.74) is 4.48. The number of benzene rings is 1. The van der Waals surface area contributed by atoms with Gasteiger partial charge in [0.25, 0.3) is 5.91 Å². The van der Waals surface area contributed by atoms with Gasteiger partial charge in [-0.05, 0) is 86.4 Å². The Morgan fingerprint density at radius 1 is 1.08 bits per heavy atom. The third kappa shape index (κ3) is 5.42. The summed E-state index contributed by atoms with van der Waals surface area (Å²) in [6.07, 6.45) is 5.80. The first-order valence-electron chi connectivity index (χ1n) is 11.8. The summed E-state index contributed by atoms with van der Waals surface area (Å²) < 4.78 is 44.3. The maximum Gasteiger partial charge on any atom is 0.274 e. The van der Waals surface area contributed by atoms with E-state index >= 15 is 0 Å². The highest BCUT2D eigenvalue weighted by Gasteiger charge is 2.28. The minimum Gasteiger partial charge on any atom is -0.386 e. The molecule has 0 saturated heterocycles. The van der Waals surface area contributed by atoms with E-state index in [2.05, 4.69) is 22.2 Å². The van der Waals surface area contributed by atoms with Crippen LogP contribution in [-0.2, 0) is 5.60 Å². The largest absolute Gasteiger partial charge is 0.386 e. The molecule has 4 rings (SSSR count). The second-order valence-electron chi connectivity index (χ2n) is 10.1. The number of halogens is 3. The summed E-state index contributed by atoms with van der Waals surface area (Å²) in [6.45, 7) is 4.89. The number of nitrogens with zero attached hydrogens (tertiary/aromatic N) is 2. The molecule has 3 aromatic rings. The first-order chi connectivity index (χ1) is 16.9. The molecule has 1 fully saturated rings. The molecule has 0 spiro atoms. The lowest BCUT2D eigenvalue weighted by Crippen LogP contribution is -2.31. The van der Waals surface area contributed by atoms with E-state index in [0.29, 0.717) is 11.6 Å². The summed E-state index contributed by atoms with van der Waals surface area (Å²) in [7, 11) is 0. The molecule has 4 N–H and O–H groups in total. The summed E-state index contributed by atoms with van der Waals surface area (Å²) in [4.78, 5) is 21.1. The van der Waals surface area contributed by atoms with Gasteiger partial charge in [-0.1, -0.05) is 6.92 Å². The third-order valence-electron chi connectivity index (χ3n) is 6.59. The van der Waals surface area contributed by atoms with Crippen LogP contribution in [0.25, 0.3) is 11.3 Å². The quantitative estimate of drug-likeness (QED) is 0.445. The van der Waals surface area contributed by atoms with Crippen LogP contribution < -0.4 is 11.1 Å². The van der Waals surface area contributed by atoms with Gasteiger partial charge >= 0.3 is 0 Å². The van der Waals surface area contributed by atoms with Crippen LogP contribution in [0.1, 0.15) is 67.6 Å². The van der Waals surface area contributed by atoms with Crippen molar-refractivity contribution >= 4 is 11.6 Å². The van der Waals surface area contributed by atoms with Crippen molar-refractivity contribution in [3.63, 3.8) is 0 Å². The molecule has 1 amide bonds. The zero-order valence-electron chi connectivity index (χ0n) is 20.4. The van der Waals surface area contributed by atoms with E-state index in [4.69, 9.17) is 5.73 Å². The first kappa shape index (κ1) is 25.8. The fourth-order valence-corrected chi connectivity index (χ4v) is 4.86. The van der Waals surface area contributed by atoms with Crippen LogP contribution in [0, 0.1) is 23.4 Å². The predicted molar refractivity (Wildman–Crippen MR) is 131 cm³/mol. The highest BCUT2D eigenvalue weighted by atomic mass is 19.1. The average Bonchev–Trinajstić information content (AvgIpc) is 2.78. The number of pyridine rings is 2. The van der Waals surface area contributed by atoms with Gasteiger partial charge in [0.05, 0.1) is 23.0 Å². The van der Waals surface area contributed by atoms with E-state index in [1.165, 1.54) is 20.0 Å². The number of rotatable bonds is 5. The molecule has 1 saturated carbocycles. The average molecular weight is 499 g/mol. The van der Waals surface area contributed by atoms with Crippen LogP contribution in [0.4, 0.5) is 18.9 Å². The van der Waals surface area contributed by atoms with Crippen LogP contribution in [0.15, 0.2) is 42.7 Å². The number of nitrogens with one attached hydrogen (secondary N) is 1. The van der Waals surface area contributed by atoms with Gasteiger partial charge in [-0.15, -0.1) is 0 Å². The number of aromatic nitrogens is 2. The molecule has 190 valence electrons. The SMILES string of the molecule is CC1CC(N)CC(c2ccncc2NC(=O)c2ccc(F)c(-c3c(F)cc(C(C)(C)O)cc3F)n2)C1. The molecule has 36 heavy (non-hydrogen) atoms. The van der Waals surface area contributed by atoms with Crippen molar-refractivity contribution in [1.29, 1.82) is 0 Å². The Balaban J connectivity index is 1.65. The highest BCUT2D eigenvalue weighted by Crippen LogP contribution is 2.38. The lowest BCUT2D eigenvalue weighted by Gasteiger charge is -2.32. The Labute approximate surface area is 207 Å². The molecule has 9 heteroatoms. The van der Waals surface area contributed by atoms with Gasteiger partial charge in [-0.25, -0.2) is 18.2 Å². The summed E-state index contributed by atoms with van der Waals surface area (Å²) in [5, 5.41) is 12.8. The van der Waals surface area contributed by atoms with Crippen molar-refractivity contribution in [2.75, 3.05) is 5.32 Å². The minimum absolute atomic E-state index is 0.0172. The number of hydrogen-bond acceptors (Lipinski definition) is 5. The van der Waals surface area contributed by atoms with E-state index in [9.17, 15) is 23.1 Å². The summed E-state index contributed by atoms with van der Waals surface area (Å²) in [5.74, 6) is -3.30. The van der Waals surface area contributed by atoms with E-state index in [0.717, 1.165) is 49.1 Å². The van der Waals surface area contributed by atoms with Gasteiger partial charge in [0.15, 0.2) is 0 Å². The lowest BCUT2D eigenvalue weighted by molar-refractivity contribution is 0.0778. The zero-order valence-corrected chi connectivity index (χ0v) is 20.4. The number of nitrogens with two attached hydrogens (primary N) is 1. The Morgan fingerprint density at radius 3 is 2.42 bits per heavy atom. The number of carbonyl (C=O) groups excluding carboxylic acids is 1. The number of aliphatic hydroxyl groups is 1. The number of amides is 1. The zero-order chi connectivity index (χ0) is 26.2. The van der Waals surface area contributed by atoms with Crippen molar-refractivity contribution in [3.05, 3.63) is 77.0 Å². The van der Waals surface area contributed by atoms with E-state index in [-0.39, 0.29) is 23.2 Å². The normalized spacial score (nSPS) is 20.3. The Hall–Kier alpha value is -3.30. The van der Waals surface area contributed by atoms with Crippen LogP contribution in [0.3, 0.4) is 0 Å². The Bertz CT molecular complexity index is 1260. The highest BCUT2D eigenvalue weighted by molar-refractivity contribution is 6.03. The maximum atomic E-state index is 14.8. The molecule has 0 aliphatic heterocycles. The molecule has 0 radical (unpaired) electrons. The smallest absolute Gasteiger partial charge is 0.274 e. The monoisotopic (exact) mass is 498 g/mol. The van der Waals surface area contributed by atoms with Crippen molar-refractivity contribution in [3.8, 4) is 11.3 Å². The van der Waals surface area contributed by atoms with Crippen molar-refractivity contribution in [2.24, 2.45) is 11.7 Å². The molecular weight excluding hydrogens is 469 g/mol. The fraction of sp³-hybridized carbons (Fsp3) is 0.370. The van der Waals surface area contributed by atoms with E-state index < -0.39 is 40.2 Å². The molecule has 1 aliphatic carbocycles. The van der Waals surface area contributed by atoms with E-state index in [1.807, 2.05) is 6.07 Å². The molecule has 1 aromatic carbocycles. The maximum absolute atomic E-state index is 14.8. The molecular formula is C27H29F3N4O2. The van der Waals surface area contributed by atoms with Gasteiger partial charge in [-0.2, -0.15) is 0 Å². The third-order valence-corrected chi connectivity index (χ3v) is 6.59. The molecule has 3 atom stereocenters. The van der Waals surface area contributed by atoms with Crippen LogP contribution in [0.2, 0.25) is 0 Å². The van der Waals surface area contributed by atoms with Crippen LogP contribution >= 0.6 is 0 Å². The molecule has 0 bridgehead atoms. The molecule has 2 aromatic heterocycles. The predicted octanol–water partition coefficient (Wildman–Crippen LogP) is 5.27. The number of hydrogen-bond donors (Lipinski definition) is 3. The molecule has 2 heterocycles. The Kier molecular flexibility index (Phi) is 7.15. The topological polar surface area (TPSA) is 101 Å². The van der Waals surface area contributed by atoms with Gasteiger partial charge in [0.2, 0.25) is 0 Å². The number of carbonyl (C=O) groups is 1. The second-order valence-corrected chi connectivity index (χ2v) is 10.1. The van der Waals surface area contributed by atoms with Crippen molar-refractivity contribution < 1.29 is 23.1 Å². The summed E-state index contributed by atoms with van der Waals surface area (Å²) >= 11 is 0. The summed E-state index contributed by atoms with van der Waals surface area (Å²) in [6, 6.07) is 5.82. The van der Waals surface area contributed by atoms with Gasteiger partial charge in [0.1, 0.15) is 28.8 Å². The van der Waals surface area contributed by atoms with Gasteiger partial charge in [0, 0.05) is 12.2 Å². The van der Waals surface area contributed by atoms with Crippen molar-refractivity contribution in [2.45, 2.75) is 57.6 Å². The fourth-order valence-electron chi connectivity index (χ4n) is 4.86. The van der Waals surface area contributed by atoms with Crippen LogP contribution in [0.5, 0.6) is 0 Å². The molecule has 3 unspecified atom stereocenters. The molecule has 6 nitrogen and oxygen atoms in total. The minimum atomic E-state index is -1.50. The number of anilines is 1. The first-order valence-corrected chi connectivity index (χ1v) is 11.8. The Morgan fingerprint density at radius 2 is 1.78 bits per heavy atom. The van der Waals surface area contributed by atoms with Gasteiger partial charge in [-0.3, -0.25) is 9.78 Å². The molecule has 1 aliphatic rings. The van der Waals surface area contributed by atoms with E-state index in [1.54, 1.807) is 6.20 Å². The van der Waals surface area contributed by atoms with Crippen molar-refractivity contribution in [1.82, 2.24) is 9.97 Å². The van der Waals surface area contributed by atoms with Gasteiger partial charge < -0.3 is 16.2 Å². The van der Waals surface area contributed by atoms with Crippen LogP contribution in [-0.4, -0.2) is 27.0 Å². The standard InChI is InChI=1S/C27H29F3N4O2/c1-14-8-15(10-17(31)9-14)18-6-7-32-13-23(18)34-26(35)22-5-4-19(28)25(33-22)24-20(29)11-16(12-21(24)30)27(2,3)36/h4-7,11-15,17,36H,8-10,31H2,1-3H3,(H,34,35). The second kappa shape index (κ2) is 9.99. The lowest BCUT2D eigenvalue weighted by atomic mass is 9.76.